The second-order valence-corrected chi connectivity index (χ2v) is 12.9. The first-order valence-electron chi connectivity index (χ1n) is 7.75. The van der Waals surface area contributed by atoms with Gasteiger partial charge in [-0.25, -0.2) is 0 Å². The third-order valence-corrected chi connectivity index (χ3v) is 13.7. The zero-order valence-corrected chi connectivity index (χ0v) is 14.1. The van der Waals surface area contributed by atoms with E-state index in [2.05, 4.69) is 22.2 Å². The fraction of sp³-hybridized carbons (Fsp3) is 1.00. The Hall–Kier alpha value is 0.354. The number of piperidine rings is 2. The largest absolute Gasteiger partial charge is 0.327 e. The molecule has 0 N–H and O–H groups in total. The number of rotatable bonds is 4. The third-order valence-electron chi connectivity index (χ3n) is 4.71. The van der Waals surface area contributed by atoms with Crippen LogP contribution in [0.1, 0.15) is 38.5 Å². The predicted molar refractivity (Wildman–Crippen MR) is 81.7 cm³/mol. The van der Waals surface area contributed by atoms with Crippen LogP contribution in [-0.4, -0.2) is 53.2 Å². The van der Waals surface area contributed by atoms with Crippen LogP contribution >= 0.6 is 0 Å². The van der Waals surface area contributed by atoms with Crippen LogP contribution in [0.2, 0.25) is 18.8 Å². The van der Waals surface area contributed by atoms with Crippen molar-refractivity contribution in [3.8, 4) is 0 Å². The van der Waals surface area contributed by atoms with Crippen LogP contribution in [0.4, 0.5) is 0 Å². The maximum atomic E-state index is 2.89. The zero-order valence-electron chi connectivity index (χ0n) is 11.8. The lowest BCUT2D eigenvalue weighted by Gasteiger charge is -2.37. The molecular formula is C13H30N2Si2. The van der Waals surface area contributed by atoms with Crippen molar-refractivity contribution in [2.75, 3.05) is 26.2 Å². The molecule has 2 unspecified atom stereocenters. The topological polar surface area (TPSA) is 6.48 Å². The highest BCUT2D eigenvalue weighted by atomic mass is 28.3. The second kappa shape index (κ2) is 7.07. The monoisotopic (exact) mass is 270 g/mol. The van der Waals surface area contributed by atoms with Crippen LogP contribution in [0.15, 0.2) is 0 Å². The molecule has 0 bridgehead atoms. The summed E-state index contributed by atoms with van der Waals surface area (Å²) in [5, 5.41) is 0. The molecule has 2 aliphatic rings. The standard InChI is InChI=1S/C13H30N2Si2/c1-16(14-9-5-3-6-10-14)13-17(2)15-11-7-4-8-12-15/h16-17H,3-13H2,1-2H3. The number of hydrogen-bond donors (Lipinski definition) is 0. The average Bonchev–Trinajstić information content (AvgIpc) is 2.40. The maximum Gasteiger partial charge on any atom is 0.107 e. The van der Waals surface area contributed by atoms with Crippen molar-refractivity contribution in [2.24, 2.45) is 0 Å². The van der Waals surface area contributed by atoms with Gasteiger partial charge in [0.25, 0.3) is 0 Å². The summed E-state index contributed by atoms with van der Waals surface area (Å²) < 4.78 is 5.77. The highest BCUT2D eigenvalue weighted by molar-refractivity contribution is 6.73. The summed E-state index contributed by atoms with van der Waals surface area (Å²) in [6.07, 6.45) is 8.84. The van der Waals surface area contributed by atoms with Crippen molar-refractivity contribution in [3.63, 3.8) is 0 Å². The lowest BCUT2D eigenvalue weighted by molar-refractivity contribution is 0.346. The molecule has 2 aliphatic heterocycles. The molecule has 2 rings (SSSR count). The molecule has 0 aliphatic carbocycles. The summed E-state index contributed by atoms with van der Waals surface area (Å²) in [5.41, 5.74) is 1.64. The first kappa shape index (κ1) is 13.8. The normalized spacial score (nSPS) is 27.9. The molecule has 2 saturated heterocycles. The minimum Gasteiger partial charge on any atom is -0.327 e. The Morgan fingerprint density at radius 2 is 1.00 bits per heavy atom. The van der Waals surface area contributed by atoms with E-state index in [9.17, 15) is 0 Å². The van der Waals surface area contributed by atoms with Gasteiger partial charge in [0, 0.05) is 0 Å². The molecule has 2 fully saturated rings. The fourth-order valence-corrected chi connectivity index (χ4v) is 12.3. The quantitative estimate of drug-likeness (QED) is 0.723. The van der Waals surface area contributed by atoms with Gasteiger partial charge in [-0.1, -0.05) is 25.9 Å². The van der Waals surface area contributed by atoms with E-state index in [-0.39, 0.29) is 0 Å². The van der Waals surface area contributed by atoms with E-state index < -0.39 is 17.9 Å². The Morgan fingerprint density at radius 3 is 1.35 bits per heavy atom. The van der Waals surface area contributed by atoms with Crippen molar-refractivity contribution >= 4 is 17.9 Å². The SMILES string of the molecule is C[SiH](C[SiH](C)N1CCCCC1)N1CCCCC1. The van der Waals surface area contributed by atoms with Gasteiger partial charge in [0.05, 0.1) is 0 Å². The van der Waals surface area contributed by atoms with Crippen molar-refractivity contribution in [2.45, 2.75) is 57.3 Å². The van der Waals surface area contributed by atoms with Crippen molar-refractivity contribution in [1.82, 2.24) is 9.13 Å². The highest BCUT2D eigenvalue weighted by Gasteiger charge is 2.24. The van der Waals surface area contributed by atoms with Gasteiger partial charge < -0.3 is 9.13 Å². The number of nitrogens with zero attached hydrogens (tertiary/aromatic N) is 2. The first-order chi connectivity index (χ1) is 8.27. The van der Waals surface area contributed by atoms with E-state index in [1.807, 2.05) is 0 Å². The minimum atomic E-state index is -0.559. The van der Waals surface area contributed by atoms with E-state index in [0.29, 0.717) is 0 Å². The fourth-order valence-electron chi connectivity index (χ4n) is 3.51. The summed E-state index contributed by atoms with van der Waals surface area (Å²) >= 11 is 0. The molecule has 0 aromatic rings. The summed E-state index contributed by atoms with van der Waals surface area (Å²) in [6.45, 7) is 10.9. The molecule has 100 valence electrons. The molecular weight excluding hydrogens is 240 g/mol. The molecule has 17 heavy (non-hydrogen) atoms. The lowest BCUT2D eigenvalue weighted by atomic mass is 10.2. The van der Waals surface area contributed by atoms with Gasteiger partial charge in [0.15, 0.2) is 0 Å². The van der Waals surface area contributed by atoms with Gasteiger partial charge >= 0.3 is 0 Å². The third kappa shape index (κ3) is 4.19. The molecule has 2 nitrogen and oxygen atoms in total. The Bertz CT molecular complexity index is 191. The van der Waals surface area contributed by atoms with Crippen LogP contribution in [0.5, 0.6) is 0 Å². The molecule has 2 heterocycles. The lowest BCUT2D eigenvalue weighted by Crippen LogP contribution is -2.48. The molecule has 0 spiro atoms. The molecule has 0 aromatic carbocycles. The Balaban J connectivity index is 1.74. The van der Waals surface area contributed by atoms with Gasteiger partial charge in [-0.05, 0) is 57.5 Å². The molecule has 4 heteroatoms. The van der Waals surface area contributed by atoms with E-state index in [1.165, 1.54) is 64.7 Å². The van der Waals surface area contributed by atoms with E-state index in [1.54, 1.807) is 5.67 Å². The molecule has 0 amide bonds. The molecule has 0 radical (unpaired) electrons. The smallest absolute Gasteiger partial charge is 0.107 e. The second-order valence-electron chi connectivity index (χ2n) is 6.13. The summed E-state index contributed by atoms with van der Waals surface area (Å²) in [7, 11) is -1.12. The zero-order chi connectivity index (χ0) is 12.1. The van der Waals surface area contributed by atoms with Crippen molar-refractivity contribution in [1.29, 1.82) is 0 Å². The van der Waals surface area contributed by atoms with E-state index >= 15 is 0 Å². The van der Waals surface area contributed by atoms with Crippen molar-refractivity contribution in [3.05, 3.63) is 0 Å². The Morgan fingerprint density at radius 1 is 0.647 bits per heavy atom. The van der Waals surface area contributed by atoms with Crippen LogP contribution in [-0.2, 0) is 0 Å². The number of hydrogen-bond acceptors (Lipinski definition) is 2. The van der Waals surface area contributed by atoms with Gasteiger partial charge in [0.1, 0.15) is 17.9 Å². The minimum absolute atomic E-state index is 0.559. The van der Waals surface area contributed by atoms with Gasteiger partial charge in [-0.2, -0.15) is 0 Å². The van der Waals surface area contributed by atoms with Crippen LogP contribution in [0.3, 0.4) is 0 Å². The van der Waals surface area contributed by atoms with Crippen LogP contribution < -0.4 is 0 Å². The first-order valence-corrected chi connectivity index (χ1v) is 12.7. The summed E-state index contributed by atoms with van der Waals surface area (Å²) in [4.78, 5) is 0. The highest BCUT2D eigenvalue weighted by Crippen LogP contribution is 2.17. The van der Waals surface area contributed by atoms with Crippen LogP contribution in [0, 0.1) is 0 Å². The van der Waals surface area contributed by atoms with Gasteiger partial charge in [-0.3, -0.25) is 0 Å². The van der Waals surface area contributed by atoms with Crippen molar-refractivity contribution < 1.29 is 0 Å². The summed E-state index contributed by atoms with van der Waals surface area (Å²) in [6, 6.07) is 0. The van der Waals surface area contributed by atoms with Gasteiger partial charge in [-0.15, -0.1) is 0 Å². The van der Waals surface area contributed by atoms with Crippen LogP contribution in [0.25, 0.3) is 0 Å². The Labute approximate surface area is 111 Å². The molecule has 0 aromatic heterocycles. The van der Waals surface area contributed by atoms with Gasteiger partial charge in [0.2, 0.25) is 0 Å². The van der Waals surface area contributed by atoms with E-state index in [0.717, 1.165) is 0 Å². The molecule has 0 saturated carbocycles. The van der Waals surface area contributed by atoms with E-state index in [4.69, 9.17) is 0 Å². The molecule has 2 atom stereocenters. The predicted octanol–water partition coefficient (Wildman–Crippen LogP) is 2.20. The average molecular weight is 271 g/mol. The Kier molecular flexibility index (Phi) is 5.73. The maximum absolute atomic E-state index is 2.89. The summed E-state index contributed by atoms with van der Waals surface area (Å²) in [5.74, 6) is 0.